The molecule has 31 heavy (non-hydrogen) atoms. The summed E-state index contributed by atoms with van der Waals surface area (Å²) < 4.78 is 46.4. The lowest BCUT2D eigenvalue weighted by Gasteiger charge is -2.03. The van der Waals surface area contributed by atoms with Gasteiger partial charge in [0.2, 0.25) is 0 Å². The fourth-order valence-corrected chi connectivity index (χ4v) is 3.64. The Morgan fingerprint density at radius 1 is 1.13 bits per heavy atom. The fourth-order valence-electron chi connectivity index (χ4n) is 1.76. The van der Waals surface area contributed by atoms with Crippen LogP contribution in [0.2, 0.25) is 0 Å². The van der Waals surface area contributed by atoms with E-state index in [1.54, 1.807) is 18.3 Å². The molecule has 0 fully saturated rings. The smallest absolute Gasteiger partial charge is 0.481 e. The van der Waals surface area contributed by atoms with Gasteiger partial charge in [0.1, 0.15) is 5.82 Å². The van der Waals surface area contributed by atoms with Crippen LogP contribution in [-0.4, -0.2) is 62.1 Å². The summed E-state index contributed by atoms with van der Waals surface area (Å²) in [6.45, 7) is 0.467. The van der Waals surface area contributed by atoms with Crippen LogP contribution < -0.4 is 5.32 Å². The fraction of sp³-hybridized carbons (Fsp3) is 0.294. The van der Waals surface area contributed by atoms with Crippen molar-refractivity contribution in [3.05, 3.63) is 48.0 Å². The number of aliphatic carboxylic acids is 2. The third kappa shape index (κ3) is 10.7. The predicted octanol–water partition coefficient (Wildman–Crippen LogP) is 3.23. The molecule has 0 atom stereocenters. The Hall–Kier alpha value is -2.74. The number of rotatable bonds is 9. The number of carbonyl (C=O) groups excluding carboxylic acids is 1. The zero-order chi connectivity index (χ0) is 23.4. The van der Waals surface area contributed by atoms with E-state index in [-0.39, 0.29) is 18.1 Å². The zero-order valence-electron chi connectivity index (χ0n) is 15.6. The molecular formula is C17H17F4N3O5S2. The first kappa shape index (κ1) is 26.3. The van der Waals surface area contributed by atoms with E-state index in [2.05, 4.69) is 10.4 Å². The van der Waals surface area contributed by atoms with Gasteiger partial charge in [-0.3, -0.25) is 9.59 Å². The van der Waals surface area contributed by atoms with Crippen LogP contribution in [0.1, 0.15) is 16.8 Å². The van der Waals surface area contributed by atoms with Crippen LogP contribution in [0, 0.1) is 5.82 Å². The highest BCUT2D eigenvalue weighted by Gasteiger charge is 2.38. The van der Waals surface area contributed by atoms with Crippen molar-refractivity contribution >= 4 is 39.4 Å². The summed E-state index contributed by atoms with van der Waals surface area (Å²) in [7, 11) is 2.98. The van der Waals surface area contributed by atoms with Crippen molar-refractivity contribution in [3.63, 3.8) is 0 Å². The number of carboxylic acid groups (broad SMARTS) is 2. The second-order valence-corrected chi connectivity index (χ2v) is 8.20. The molecule has 2 rings (SSSR count). The lowest BCUT2D eigenvalue weighted by atomic mass is 10.3. The minimum atomic E-state index is -5.08. The number of aromatic nitrogens is 2. The number of carboxylic acids is 2. The number of hydrogen-bond acceptors (Lipinski definition) is 6. The van der Waals surface area contributed by atoms with Gasteiger partial charge in [-0.1, -0.05) is 27.7 Å². The molecule has 1 aromatic carbocycles. The third-order valence-corrected chi connectivity index (χ3v) is 5.52. The summed E-state index contributed by atoms with van der Waals surface area (Å²) in [5.41, 5.74) is 0.933. The molecule has 0 aliphatic rings. The van der Waals surface area contributed by atoms with Gasteiger partial charge >= 0.3 is 18.1 Å². The van der Waals surface area contributed by atoms with Gasteiger partial charge < -0.3 is 15.5 Å². The van der Waals surface area contributed by atoms with Gasteiger partial charge in [-0.15, -0.1) is 0 Å². The number of benzene rings is 1. The largest absolute Gasteiger partial charge is 0.490 e. The van der Waals surface area contributed by atoms with Crippen LogP contribution in [0.3, 0.4) is 0 Å². The van der Waals surface area contributed by atoms with Gasteiger partial charge in [0, 0.05) is 24.2 Å². The first-order chi connectivity index (χ1) is 14.5. The van der Waals surface area contributed by atoms with Gasteiger partial charge in [0.05, 0.1) is 23.9 Å². The Kier molecular flexibility index (Phi) is 10.9. The van der Waals surface area contributed by atoms with Gasteiger partial charge in [-0.05, 0) is 18.2 Å². The van der Waals surface area contributed by atoms with Crippen molar-refractivity contribution < 1.29 is 42.2 Å². The Bertz CT molecular complexity index is 893. The summed E-state index contributed by atoms with van der Waals surface area (Å²) in [6.07, 6.45) is -1.99. The maximum atomic E-state index is 13.2. The van der Waals surface area contributed by atoms with Gasteiger partial charge in [0.25, 0.3) is 5.91 Å². The van der Waals surface area contributed by atoms with Crippen LogP contribution in [0.5, 0.6) is 0 Å². The molecular weight excluding hydrogens is 466 g/mol. The predicted molar refractivity (Wildman–Crippen MR) is 107 cm³/mol. The van der Waals surface area contributed by atoms with Crippen molar-refractivity contribution in [1.82, 2.24) is 15.1 Å². The van der Waals surface area contributed by atoms with E-state index < -0.39 is 18.1 Å². The summed E-state index contributed by atoms with van der Waals surface area (Å²) in [4.78, 5) is 31.2. The molecule has 0 spiro atoms. The Morgan fingerprint density at radius 2 is 1.77 bits per heavy atom. The summed E-state index contributed by atoms with van der Waals surface area (Å²) in [5, 5.41) is 22.4. The average Bonchev–Trinajstić information content (AvgIpc) is 3.17. The first-order valence-corrected chi connectivity index (χ1v) is 10.8. The summed E-state index contributed by atoms with van der Waals surface area (Å²) in [6, 6.07) is 5.94. The average molecular weight is 483 g/mol. The van der Waals surface area contributed by atoms with Crippen LogP contribution in [0.25, 0.3) is 5.69 Å². The van der Waals surface area contributed by atoms with Crippen molar-refractivity contribution in [3.8, 4) is 5.69 Å². The Morgan fingerprint density at radius 3 is 2.35 bits per heavy atom. The van der Waals surface area contributed by atoms with E-state index in [1.807, 2.05) is 0 Å². The van der Waals surface area contributed by atoms with E-state index in [4.69, 9.17) is 15.0 Å². The molecule has 0 bridgehead atoms. The number of carbonyl (C=O) groups is 3. The van der Waals surface area contributed by atoms with E-state index >= 15 is 0 Å². The molecule has 8 nitrogen and oxygen atoms in total. The number of nitrogens with one attached hydrogen (secondary N) is 1. The first-order valence-electron chi connectivity index (χ1n) is 8.36. The molecule has 2 aromatic rings. The van der Waals surface area contributed by atoms with Crippen LogP contribution in [0.4, 0.5) is 17.6 Å². The standard InChI is InChI=1S/C15H16FN3O3S2.C2HF3O2/c16-12-2-1-3-13(8-12)19-10-11(9-18-19)15(22)17-5-7-24-23-6-4-14(20)21;3-2(4,5)1(6)7/h1-3,8-10H,4-7H2,(H,17,22)(H,20,21);(H,6,7). The zero-order valence-corrected chi connectivity index (χ0v) is 17.3. The molecule has 0 unspecified atom stereocenters. The number of nitrogens with zero attached hydrogens (tertiary/aromatic N) is 2. The van der Waals surface area contributed by atoms with E-state index in [0.717, 1.165) is 0 Å². The molecule has 0 aliphatic carbocycles. The molecule has 170 valence electrons. The Balaban J connectivity index is 0.000000592. The molecule has 0 saturated heterocycles. The van der Waals surface area contributed by atoms with Crippen LogP contribution in [-0.2, 0) is 9.59 Å². The monoisotopic (exact) mass is 483 g/mol. The topological polar surface area (TPSA) is 122 Å². The van der Waals surface area contributed by atoms with Crippen LogP contribution in [0.15, 0.2) is 36.7 Å². The lowest BCUT2D eigenvalue weighted by molar-refractivity contribution is -0.192. The van der Waals surface area contributed by atoms with Gasteiger partial charge in [0.15, 0.2) is 0 Å². The van der Waals surface area contributed by atoms with Crippen LogP contribution >= 0.6 is 21.6 Å². The minimum Gasteiger partial charge on any atom is -0.481 e. The number of amides is 1. The number of hydrogen-bond donors (Lipinski definition) is 3. The number of halogens is 4. The molecule has 3 N–H and O–H groups in total. The van der Waals surface area contributed by atoms with E-state index in [9.17, 15) is 27.2 Å². The summed E-state index contributed by atoms with van der Waals surface area (Å²) >= 11 is 0. The minimum absolute atomic E-state index is 0.128. The molecule has 0 radical (unpaired) electrons. The maximum absolute atomic E-state index is 13.2. The quantitative estimate of drug-likeness (QED) is 0.282. The van der Waals surface area contributed by atoms with E-state index in [1.165, 1.54) is 44.6 Å². The van der Waals surface area contributed by atoms with E-state index in [0.29, 0.717) is 29.3 Å². The maximum Gasteiger partial charge on any atom is 0.490 e. The molecule has 1 amide bonds. The second kappa shape index (κ2) is 12.8. The highest BCUT2D eigenvalue weighted by molar-refractivity contribution is 8.76. The normalized spacial score (nSPS) is 10.7. The molecule has 1 aromatic heterocycles. The van der Waals surface area contributed by atoms with Crippen molar-refractivity contribution in [2.45, 2.75) is 12.6 Å². The number of alkyl halides is 3. The highest BCUT2D eigenvalue weighted by Crippen LogP contribution is 2.21. The second-order valence-electron chi connectivity index (χ2n) is 5.50. The highest BCUT2D eigenvalue weighted by atomic mass is 33.1. The SMILES string of the molecule is O=C(O)C(F)(F)F.O=C(O)CCSSCCNC(=O)c1cnn(-c2cccc(F)c2)c1. The molecule has 0 saturated carbocycles. The molecule has 0 aliphatic heterocycles. The molecule has 1 heterocycles. The van der Waals surface area contributed by atoms with Crippen molar-refractivity contribution in [1.29, 1.82) is 0 Å². The van der Waals surface area contributed by atoms with Gasteiger partial charge in [-0.25, -0.2) is 13.9 Å². The van der Waals surface area contributed by atoms with Gasteiger partial charge in [-0.2, -0.15) is 18.3 Å². The third-order valence-electron chi connectivity index (χ3n) is 3.11. The lowest BCUT2D eigenvalue weighted by Crippen LogP contribution is -2.25. The molecule has 14 heteroatoms. The summed E-state index contributed by atoms with van der Waals surface area (Å²) in [5.74, 6) is -2.98. The Labute approximate surface area is 181 Å². The van der Waals surface area contributed by atoms with Crippen molar-refractivity contribution in [2.75, 3.05) is 18.1 Å². The van der Waals surface area contributed by atoms with Crippen molar-refractivity contribution in [2.24, 2.45) is 0 Å².